The van der Waals surface area contributed by atoms with Gasteiger partial charge in [0.1, 0.15) is 5.76 Å². The minimum Gasteiger partial charge on any atom is -0.361 e. The fourth-order valence-electron chi connectivity index (χ4n) is 1.47. The Morgan fingerprint density at radius 2 is 2.12 bits per heavy atom. The van der Waals surface area contributed by atoms with Crippen molar-refractivity contribution in [2.75, 3.05) is 0 Å². The molecule has 0 amide bonds. The van der Waals surface area contributed by atoms with Crippen LogP contribution >= 0.6 is 15.9 Å². The molecule has 0 saturated carbocycles. The van der Waals surface area contributed by atoms with Crippen LogP contribution in [0.3, 0.4) is 0 Å². The molecule has 0 saturated heterocycles. The molecule has 0 radical (unpaired) electrons. The lowest BCUT2D eigenvalue weighted by Gasteiger charge is -2.04. The van der Waals surface area contributed by atoms with E-state index in [0.29, 0.717) is 0 Å². The van der Waals surface area contributed by atoms with Crippen LogP contribution in [0.5, 0.6) is 0 Å². The Morgan fingerprint density at radius 3 is 2.81 bits per heavy atom. The van der Waals surface area contributed by atoms with E-state index in [1.54, 1.807) is 0 Å². The largest absolute Gasteiger partial charge is 0.361 e. The molecular weight excluding hydrogens is 268 g/mol. The van der Waals surface area contributed by atoms with Crippen LogP contribution in [-0.2, 0) is 13.1 Å². The number of rotatable bonds is 4. The van der Waals surface area contributed by atoms with Gasteiger partial charge in [-0.25, -0.2) is 0 Å². The molecule has 0 aliphatic carbocycles. The van der Waals surface area contributed by atoms with Gasteiger partial charge in [-0.05, 0) is 18.6 Å². The summed E-state index contributed by atoms with van der Waals surface area (Å²) in [5.41, 5.74) is 2.17. The van der Waals surface area contributed by atoms with Crippen LogP contribution in [0.2, 0.25) is 0 Å². The first kappa shape index (κ1) is 11.4. The molecule has 0 atom stereocenters. The molecule has 16 heavy (non-hydrogen) atoms. The third-order valence-electron chi connectivity index (χ3n) is 2.26. The topological polar surface area (TPSA) is 38.1 Å². The van der Waals surface area contributed by atoms with Crippen LogP contribution in [0.15, 0.2) is 39.3 Å². The maximum Gasteiger partial charge on any atom is 0.133 e. The zero-order chi connectivity index (χ0) is 11.4. The predicted octanol–water partition coefficient (Wildman–Crippen LogP) is 3.04. The first-order valence-electron chi connectivity index (χ1n) is 5.12. The minimum absolute atomic E-state index is 0.721. The summed E-state index contributed by atoms with van der Waals surface area (Å²) in [5, 5.41) is 7.24. The smallest absolute Gasteiger partial charge is 0.133 e. The number of aryl methyl sites for hydroxylation is 1. The Labute approximate surface area is 103 Å². The SMILES string of the molecule is Cc1cc(CNCc2ccccc2Br)no1. The summed E-state index contributed by atoms with van der Waals surface area (Å²) in [4.78, 5) is 0. The Hall–Kier alpha value is -1.13. The molecule has 1 N–H and O–H groups in total. The first-order chi connectivity index (χ1) is 7.75. The summed E-state index contributed by atoms with van der Waals surface area (Å²) in [5.74, 6) is 0.845. The highest BCUT2D eigenvalue weighted by Crippen LogP contribution is 2.15. The molecule has 0 aliphatic rings. The second kappa shape index (κ2) is 5.27. The highest BCUT2D eigenvalue weighted by molar-refractivity contribution is 9.10. The Bertz CT molecular complexity index is 468. The average molecular weight is 281 g/mol. The number of hydrogen-bond donors (Lipinski definition) is 1. The van der Waals surface area contributed by atoms with Gasteiger partial charge in [-0.1, -0.05) is 39.3 Å². The maximum absolute atomic E-state index is 4.99. The van der Waals surface area contributed by atoms with Gasteiger partial charge in [0.15, 0.2) is 0 Å². The zero-order valence-electron chi connectivity index (χ0n) is 9.03. The standard InChI is InChI=1S/C12H13BrN2O/c1-9-6-11(15-16-9)8-14-7-10-4-2-3-5-12(10)13/h2-6,14H,7-8H2,1H3. The number of aromatic nitrogens is 1. The van der Waals surface area contributed by atoms with E-state index in [1.807, 2.05) is 31.2 Å². The van der Waals surface area contributed by atoms with Crippen LogP contribution in [-0.4, -0.2) is 5.16 Å². The van der Waals surface area contributed by atoms with Crippen molar-refractivity contribution in [1.29, 1.82) is 0 Å². The van der Waals surface area contributed by atoms with Crippen LogP contribution in [0.4, 0.5) is 0 Å². The molecular formula is C12H13BrN2O. The summed E-state index contributed by atoms with van der Waals surface area (Å²) in [6.07, 6.45) is 0. The molecule has 1 aromatic carbocycles. The predicted molar refractivity (Wildman–Crippen MR) is 65.9 cm³/mol. The molecule has 2 aromatic rings. The third kappa shape index (κ3) is 2.93. The van der Waals surface area contributed by atoms with E-state index in [2.05, 4.69) is 32.5 Å². The van der Waals surface area contributed by atoms with Crippen molar-refractivity contribution < 1.29 is 4.52 Å². The number of benzene rings is 1. The van der Waals surface area contributed by atoms with Crippen molar-refractivity contribution in [3.8, 4) is 0 Å². The fourth-order valence-corrected chi connectivity index (χ4v) is 1.89. The third-order valence-corrected chi connectivity index (χ3v) is 3.03. The number of hydrogen-bond acceptors (Lipinski definition) is 3. The van der Waals surface area contributed by atoms with E-state index in [0.717, 1.165) is 29.0 Å². The minimum atomic E-state index is 0.721. The van der Waals surface area contributed by atoms with Crippen molar-refractivity contribution in [3.05, 3.63) is 51.8 Å². The molecule has 84 valence electrons. The van der Waals surface area contributed by atoms with Crippen LogP contribution in [0.25, 0.3) is 0 Å². The van der Waals surface area contributed by atoms with E-state index in [9.17, 15) is 0 Å². The van der Waals surface area contributed by atoms with Crippen molar-refractivity contribution in [2.24, 2.45) is 0 Å². The second-order valence-electron chi connectivity index (χ2n) is 3.62. The lowest BCUT2D eigenvalue weighted by Crippen LogP contribution is -2.13. The Morgan fingerprint density at radius 1 is 1.31 bits per heavy atom. The zero-order valence-corrected chi connectivity index (χ0v) is 10.6. The quantitative estimate of drug-likeness (QED) is 0.936. The first-order valence-corrected chi connectivity index (χ1v) is 5.91. The fraction of sp³-hybridized carbons (Fsp3) is 0.250. The molecule has 4 heteroatoms. The van der Waals surface area contributed by atoms with Gasteiger partial charge in [-0.2, -0.15) is 0 Å². The normalized spacial score (nSPS) is 10.6. The number of nitrogens with one attached hydrogen (secondary N) is 1. The van der Waals surface area contributed by atoms with Gasteiger partial charge in [0.2, 0.25) is 0 Å². The van der Waals surface area contributed by atoms with Crippen molar-refractivity contribution in [3.63, 3.8) is 0 Å². The van der Waals surface area contributed by atoms with Crippen LogP contribution in [0.1, 0.15) is 17.0 Å². The summed E-state index contributed by atoms with van der Waals surface area (Å²) in [6, 6.07) is 10.1. The van der Waals surface area contributed by atoms with Gasteiger partial charge >= 0.3 is 0 Å². The molecule has 0 spiro atoms. The highest BCUT2D eigenvalue weighted by Gasteiger charge is 2.01. The van der Waals surface area contributed by atoms with E-state index in [1.165, 1.54) is 5.56 Å². The summed E-state index contributed by atoms with van der Waals surface area (Å²) < 4.78 is 6.12. The second-order valence-corrected chi connectivity index (χ2v) is 4.48. The molecule has 0 bridgehead atoms. The van der Waals surface area contributed by atoms with Gasteiger partial charge < -0.3 is 9.84 Å². The Balaban J connectivity index is 1.87. The van der Waals surface area contributed by atoms with Crippen LogP contribution < -0.4 is 5.32 Å². The summed E-state index contributed by atoms with van der Waals surface area (Å²) in [6.45, 7) is 3.43. The summed E-state index contributed by atoms with van der Waals surface area (Å²) >= 11 is 3.51. The highest BCUT2D eigenvalue weighted by atomic mass is 79.9. The molecule has 0 aliphatic heterocycles. The van der Waals surface area contributed by atoms with E-state index in [-0.39, 0.29) is 0 Å². The molecule has 3 nitrogen and oxygen atoms in total. The molecule has 1 aromatic heterocycles. The lowest BCUT2D eigenvalue weighted by molar-refractivity contribution is 0.388. The van der Waals surface area contributed by atoms with E-state index in [4.69, 9.17) is 4.52 Å². The molecule has 0 fully saturated rings. The van der Waals surface area contributed by atoms with E-state index < -0.39 is 0 Å². The molecule has 1 heterocycles. The maximum atomic E-state index is 4.99. The average Bonchev–Trinajstić information content (AvgIpc) is 2.67. The lowest BCUT2D eigenvalue weighted by atomic mass is 10.2. The monoisotopic (exact) mass is 280 g/mol. The number of halogens is 1. The Kier molecular flexibility index (Phi) is 3.74. The summed E-state index contributed by atoms with van der Waals surface area (Å²) in [7, 11) is 0. The molecule has 0 unspecified atom stereocenters. The van der Waals surface area contributed by atoms with Crippen LogP contribution in [0, 0.1) is 6.92 Å². The number of nitrogens with zero attached hydrogens (tertiary/aromatic N) is 1. The van der Waals surface area contributed by atoms with Gasteiger partial charge in [-0.3, -0.25) is 0 Å². The van der Waals surface area contributed by atoms with Gasteiger partial charge in [-0.15, -0.1) is 0 Å². The van der Waals surface area contributed by atoms with Crippen molar-refractivity contribution >= 4 is 15.9 Å². The van der Waals surface area contributed by atoms with E-state index >= 15 is 0 Å². The molecule has 2 rings (SSSR count). The van der Waals surface area contributed by atoms with Gasteiger partial charge in [0, 0.05) is 23.6 Å². The van der Waals surface area contributed by atoms with Gasteiger partial charge in [0.05, 0.1) is 5.69 Å². The van der Waals surface area contributed by atoms with Crippen molar-refractivity contribution in [1.82, 2.24) is 10.5 Å². The van der Waals surface area contributed by atoms with Crippen molar-refractivity contribution in [2.45, 2.75) is 20.0 Å². The van der Waals surface area contributed by atoms with Gasteiger partial charge in [0.25, 0.3) is 0 Å².